The molecule has 2 aromatic carbocycles. The second-order valence-electron chi connectivity index (χ2n) is 6.77. The Morgan fingerprint density at radius 2 is 1.64 bits per heavy atom. The second kappa shape index (κ2) is 8.96. The molecule has 0 atom stereocenters. The van der Waals surface area contributed by atoms with E-state index in [2.05, 4.69) is 72.2 Å². The highest BCUT2D eigenvalue weighted by atomic mass is 35.5. The molecule has 4 rings (SSSR count). The fourth-order valence-electron chi connectivity index (χ4n) is 3.48. The molecule has 0 radical (unpaired) electrons. The average molecular weight is 390 g/mol. The van der Waals surface area contributed by atoms with Crippen LogP contribution < -0.4 is 18.1 Å². The number of pyridine rings is 2. The summed E-state index contributed by atoms with van der Waals surface area (Å²) in [6.45, 7) is 2.98. The van der Waals surface area contributed by atoms with Crippen molar-refractivity contribution in [1.82, 2.24) is 9.97 Å². The normalized spacial score (nSPS) is 10.6. The molecule has 2 aromatic heterocycles. The molecule has 0 unspecified atom stereocenters. The van der Waals surface area contributed by atoms with Gasteiger partial charge in [0.05, 0.1) is 17.8 Å². The molecule has 2 heterocycles. The number of aromatic nitrogens is 2. The summed E-state index contributed by atoms with van der Waals surface area (Å²) in [6.07, 6.45) is 3.91. The first-order chi connectivity index (χ1) is 13.3. The van der Waals surface area contributed by atoms with Crippen molar-refractivity contribution >= 4 is 10.9 Å². The maximum absolute atomic E-state index is 5.06. The Labute approximate surface area is 172 Å². The summed E-state index contributed by atoms with van der Waals surface area (Å²) in [7, 11) is 0. The van der Waals surface area contributed by atoms with Gasteiger partial charge in [-0.3, -0.25) is 4.98 Å². The zero-order chi connectivity index (χ0) is 18.6. The molecule has 0 aliphatic heterocycles. The maximum Gasteiger partial charge on any atom is 0.0997 e. The number of fused-ring (bicyclic) bond motifs is 1. The molecule has 3 nitrogen and oxygen atoms in total. The fraction of sp³-hybridized carbons (Fsp3) is 0.167. The van der Waals surface area contributed by atoms with E-state index in [0.29, 0.717) is 0 Å². The molecule has 0 amide bonds. The average Bonchev–Trinajstić information content (AvgIpc) is 2.74. The molecule has 0 aliphatic carbocycles. The lowest BCUT2D eigenvalue weighted by Gasteiger charge is -2.13. The summed E-state index contributed by atoms with van der Waals surface area (Å²) >= 11 is 0. The van der Waals surface area contributed by atoms with Crippen LogP contribution in [0, 0.1) is 0 Å². The molecule has 0 fully saturated rings. The van der Waals surface area contributed by atoms with Gasteiger partial charge in [-0.1, -0.05) is 67.9 Å². The van der Waals surface area contributed by atoms with E-state index in [1.807, 2.05) is 18.3 Å². The van der Waals surface area contributed by atoms with E-state index < -0.39 is 0 Å². The molecular weight excluding hydrogens is 366 g/mol. The lowest BCUT2D eigenvalue weighted by atomic mass is 9.96. The van der Waals surface area contributed by atoms with E-state index in [9.17, 15) is 0 Å². The molecule has 0 saturated heterocycles. The molecule has 0 aliphatic rings. The highest BCUT2D eigenvalue weighted by molar-refractivity contribution is 5.92. The van der Waals surface area contributed by atoms with Crippen molar-refractivity contribution in [3.8, 4) is 22.4 Å². The fourth-order valence-corrected chi connectivity index (χ4v) is 3.48. The van der Waals surface area contributed by atoms with Crippen molar-refractivity contribution in [3.63, 3.8) is 0 Å². The van der Waals surface area contributed by atoms with Gasteiger partial charge < -0.3 is 18.1 Å². The van der Waals surface area contributed by atoms with Crippen LogP contribution in [0.15, 0.2) is 72.9 Å². The van der Waals surface area contributed by atoms with Gasteiger partial charge in [0.25, 0.3) is 0 Å². The van der Waals surface area contributed by atoms with Crippen LogP contribution in [0.25, 0.3) is 33.3 Å². The second-order valence-corrected chi connectivity index (χ2v) is 6.77. The van der Waals surface area contributed by atoms with E-state index in [4.69, 9.17) is 4.98 Å². The first kappa shape index (κ1) is 20.0. The van der Waals surface area contributed by atoms with Crippen LogP contribution in [-0.4, -0.2) is 9.97 Å². The minimum Gasteiger partial charge on any atom is -1.00 e. The zero-order valence-electron chi connectivity index (χ0n) is 16.0. The van der Waals surface area contributed by atoms with E-state index in [-0.39, 0.29) is 12.4 Å². The van der Waals surface area contributed by atoms with Gasteiger partial charge in [-0.25, -0.2) is 4.98 Å². The molecule has 0 bridgehead atoms. The predicted octanol–water partition coefficient (Wildman–Crippen LogP) is 1.66. The third-order valence-corrected chi connectivity index (χ3v) is 4.91. The lowest BCUT2D eigenvalue weighted by molar-refractivity contribution is -0.386. The van der Waals surface area contributed by atoms with Crippen LogP contribution in [0.5, 0.6) is 0 Å². The maximum atomic E-state index is 5.06. The first-order valence-corrected chi connectivity index (χ1v) is 9.52. The van der Waals surface area contributed by atoms with E-state index in [1.165, 1.54) is 11.1 Å². The van der Waals surface area contributed by atoms with Gasteiger partial charge in [-0.15, -0.1) is 0 Å². The van der Waals surface area contributed by atoms with Gasteiger partial charge in [0.15, 0.2) is 0 Å². The number of benzene rings is 2. The Bertz CT molecular complexity index is 1060. The van der Waals surface area contributed by atoms with Gasteiger partial charge in [-0.2, -0.15) is 0 Å². The Kier molecular flexibility index (Phi) is 6.40. The molecule has 4 aromatic rings. The molecule has 3 N–H and O–H groups in total. The van der Waals surface area contributed by atoms with Crippen molar-refractivity contribution in [2.75, 3.05) is 0 Å². The van der Waals surface area contributed by atoms with Gasteiger partial charge in [0.2, 0.25) is 0 Å². The Morgan fingerprint density at radius 1 is 0.893 bits per heavy atom. The van der Waals surface area contributed by atoms with Gasteiger partial charge >= 0.3 is 0 Å². The molecule has 4 heteroatoms. The summed E-state index contributed by atoms with van der Waals surface area (Å²) in [6, 6.07) is 23.3. The highest BCUT2D eigenvalue weighted by Crippen LogP contribution is 2.34. The lowest BCUT2D eigenvalue weighted by Crippen LogP contribution is -3.00. The predicted molar refractivity (Wildman–Crippen MR) is 111 cm³/mol. The third-order valence-electron chi connectivity index (χ3n) is 4.91. The van der Waals surface area contributed by atoms with E-state index in [1.54, 1.807) is 0 Å². The largest absolute Gasteiger partial charge is 1.00 e. The zero-order valence-corrected chi connectivity index (χ0v) is 16.8. The summed E-state index contributed by atoms with van der Waals surface area (Å²) < 4.78 is 0. The van der Waals surface area contributed by atoms with Crippen molar-refractivity contribution < 1.29 is 18.1 Å². The Morgan fingerprint density at radius 3 is 2.32 bits per heavy atom. The van der Waals surface area contributed by atoms with Crippen molar-refractivity contribution in [3.05, 3.63) is 84.2 Å². The summed E-state index contributed by atoms with van der Waals surface area (Å²) in [5.41, 5.74) is 11.8. The number of quaternary nitrogens is 1. The monoisotopic (exact) mass is 389 g/mol. The minimum atomic E-state index is 0. The number of hydrogen-bond acceptors (Lipinski definition) is 2. The quantitative estimate of drug-likeness (QED) is 0.564. The number of aryl methyl sites for hydroxylation is 1. The third kappa shape index (κ3) is 3.91. The van der Waals surface area contributed by atoms with Crippen LogP contribution in [0.4, 0.5) is 0 Å². The van der Waals surface area contributed by atoms with Gasteiger partial charge in [0, 0.05) is 34.0 Å². The summed E-state index contributed by atoms with van der Waals surface area (Å²) in [5.74, 6) is 0. The SMILES string of the molecule is CCCc1nccc2nc(-c3ccc(C[NH3+])cc3)c(-c3ccccc3)cc12.[Cl-]. The molecule has 142 valence electrons. The van der Waals surface area contributed by atoms with Gasteiger partial charge in [0.1, 0.15) is 0 Å². The number of hydrogen-bond donors (Lipinski definition) is 1. The minimum absolute atomic E-state index is 0. The Balaban J connectivity index is 0.00000225. The Hall–Kier alpha value is -2.75. The summed E-state index contributed by atoms with van der Waals surface area (Å²) in [5, 5.41) is 1.15. The van der Waals surface area contributed by atoms with Crippen LogP contribution in [0.2, 0.25) is 0 Å². The smallest absolute Gasteiger partial charge is 0.0997 e. The number of rotatable bonds is 5. The van der Waals surface area contributed by atoms with Crippen molar-refractivity contribution in [1.29, 1.82) is 0 Å². The highest BCUT2D eigenvalue weighted by Gasteiger charge is 2.13. The first-order valence-electron chi connectivity index (χ1n) is 9.52. The van der Waals surface area contributed by atoms with Crippen LogP contribution >= 0.6 is 0 Å². The standard InChI is InChI=1S/C24H23N3.ClH/c1-2-6-22-21-15-20(18-7-4-3-5-8-18)24(27-23(21)13-14-26-22)19-11-9-17(16-25)10-12-19;/h3-5,7-15H,2,6,16,25H2,1H3;1H. The number of halogens is 1. The van der Waals surface area contributed by atoms with E-state index in [0.717, 1.165) is 52.8 Å². The van der Waals surface area contributed by atoms with Crippen molar-refractivity contribution in [2.45, 2.75) is 26.3 Å². The van der Waals surface area contributed by atoms with Crippen LogP contribution in [0.1, 0.15) is 24.6 Å². The van der Waals surface area contributed by atoms with Crippen molar-refractivity contribution in [2.24, 2.45) is 0 Å². The molecule has 28 heavy (non-hydrogen) atoms. The van der Waals surface area contributed by atoms with Crippen LogP contribution in [0.3, 0.4) is 0 Å². The van der Waals surface area contributed by atoms with E-state index >= 15 is 0 Å². The molecular formula is C24H24ClN3. The molecule has 0 spiro atoms. The molecule has 0 saturated carbocycles. The number of nitrogens with zero attached hydrogens (tertiary/aromatic N) is 2. The topological polar surface area (TPSA) is 53.4 Å². The van der Waals surface area contributed by atoms with Gasteiger partial charge in [-0.05, 0) is 24.1 Å². The van der Waals surface area contributed by atoms with Crippen LogP contribution in [-0.2, 0) is 13.0 Å². The summed E-state index contributed by atoms with van der Waals surface area (Å²) in [4.78, 5) is 9.67.